The van der Waals surface area contributed by atoms with Gasteiger partial charge in [-0.15, -0.1) is 0 Å². The van der Waals surface area contributed by atoms with Crippen LogP contribution < -0.4 is 0 Å². The molecule has 0 unspecified atom stereocenters. The number of aliphatic hydroxyl groups is 1. The molecule has 0 radical (unpaired) electrons. The van der Waals surface area contributed by atoms with Crippen molar-refractivity contribution in [3.8, 4) is 0 Å². The maximum absolute atomic E-state index is 13.8. The van der Waals surface area contributed by atoms with Gasteiger partial charge in [0.25, 0.3) is 0 Å². The number of carbonyl (C=O) groups excluding carboxylic acids is 4. The Balaban J connectivity index is 1.84. The smallest absolute Gasteiger partial charge is 0.306 e. The Morgan fingerprint density at radius 1 is 1.17 bits per heavy atom. The highest BCUT2D eigenvalue weighted by Crippen LogP contribution is 2.73. The van der Waals surface area contributed by atoms with Gasteiger partial charge in [-0.1, -0.05) is 56.1 Å². The Bertz CT molecular complexity index is 1020. The Morgan fingerprint density at radius 3 is 2.44 bits per heavy atom. The zero-order valence-corrected chi connectivity index (χ0v) is 23.8. The number of ketones is 2. The molecule has 3 fully saturated rings. The van der Waals surface area contributed by atoms with Crippen molar-refractivity contribution in [1.29, 1.82) is 0 Å². The highest BCUT2D eigenvalue weighted by Gasteiger charge is 2.76. The first-order valence-corrected chi connectivity index (χ1v) is 14.0. The molecule has 7 nitrogen and oxygen atoms in total. The molecule has 0 aromatic rings. The number of hydrogen-bond donors (Lipinski definition) is 1. The Morgan fingerprint density at radius 2 is 1.83 bits per heavy atom. The molecule has 0 heterocycles. The molecule has 4 aliphatic carbocycles. The monoisotopic (exact) mass is 566 g/mol. The number of hydrogen-bond acceptors (Lipinski definition) is 7. The highest BCUT2D eigenvalue weighted by molar-refractivity contribution is 9.10. The van der Waals surface area contributed by atoms with Crippen molar-refractivity contribution in [2.24, 2.45) is 34.5 Å². The van der Waals surface area contributed by atoms with Gasteiger partial charge in [-0.25, -0.2) is 0 Å². The van der Waals surface area contributed by atoms with Crippen molar-refractivity contribution in [2.75, 3.05) is 6.61 Å². The molecule has 0 spiro atoms. The highest BCUT2D eigenvalue weighted by atomic mass is 79.9. The molecule has 1 N–H and O–H groups in total. The molecular formula is C28H39BrO7. The van der Waals surface area contributed by atoms with E-state index in [4.69, 9.17) is 9.47 Å². The van der Waals surface area contributed by atoms with E-state index in [9.17, 15) is 24.3 Å². The van der Waals surface area contributed by atoms with Crippen LogP contribution in [-0.4, -0.2) is 51.2 Å². The van der Waals surface area contributed by atoms with Gasteiger partial charge >= 0.3 is 11.9 Å². The second-order valence-corrected chi connectivity index (χ2v) is 13.4. The average Bonchev–Trinajstić information content (AvgIpc) is 3.02. The SMILES string of the molecule is CCC(=O)O[C@]1(C(=O)COC(C)=O)[C@@H](C)C[C@H]2[C@@H]3C[C@H](C)C4=CC(=O)CC[C@]4(C)[C@@]3(Br)[C@@H](O)C[C@@]21C. The van der Waals surface area contributed by atoms with E-state index >= 15 is 0 Å². The van der Waals surface area contributed by atoms with Gasteiger partial charge in [-0.3, -0.25) is 19.2 Å². The van der Waals surface area contributed by atoms with Crippen LogP contribution >= 0.6 is 15.9 Å². The Hall–Kier alpha value is -1.54. The van der Waals surface area contributed by atoms with Crippen molar-refractivity contribution in [3.05, 3.63) is 11.6 Å². The van der Waals surface area contributed by atoms with Crippen LogP contribution in [0.25, 0.3) is 0 Å². The minimum absolute atomic E-state index is 0.0113. The minimum Gasteiger partial charge on any atom is -0.458 e. The van der Waals surface area contributed by atoms with Gasteiger partial charge in [0.2, 0.25) is 5.78 Å². The molecule has 0 saturated heterocycles. The zero-order chi connectivity index (χ0) is 26.8. The maximum atomic E-state index is 13.8. The van der Waals surface area contributed by atoms with Crippen LogP contribution in [-0.2, 0) is 28.7 Å². The molecule has 8 heteroatoms. The number of esters is 2. The zero-order valence-electron chi connectivity index (χ0n) is 22.2. The number of carbonyl (C=O) groups is 4. The van der Waals surface area contributed by atoms with Crippen LogP contribution in [0.5, 0.6) is 0 Å². The van der Waals surface area contributed by atoms with Crippen LogP contribution in [0.2, 0.25) is 0 Å². The fourth-order valence-corrected chi connectivity index (χ4v) is 9.78. The first-order valence-electron chi connectivity index (χ1n) is 13.2. The molecule has 0 aliphatic heterocycles. The molecule has 4 aliphatic rings. The molecule has 0 aromatic heterocycles. The lowest BCUT2D eigenvalue weighted by Crippen LogP contribution is -2.70. The molecule has 0 bridgehead atoms. The van der Waals surface area contributed by atoms with Gasteiger partial charge in [-0.2, -0.15) is 0 Å². The first-order chi connectivity index (χ1) is 16.7. The maximum Gasteiger partial charge on any atom is 0.306 e. The first kappa shape index (κ1) is 27.5. The van der Waals surface area contributed by atoms with E-state index in [0.717, 1.165) is 12.0 Å². The van der Waals surface area contributed by atoms with E-state index < -0.39 is 51.2 Å². The normalized spacial score (nSPS) is 45.6. The van der Waals surface area contributed by atoms with Gasteiger partial charge in [0.1, 0.15) is 0 Å². The van der Waals surface area contributed by atoms with Crippen molar-refractivity contribution >= 4 is 39.4 Å². The summed E-state index contributed by atoms with van der Waals surface area (Å²) in [6, 6.07) is 0. The topological polar surface area (TPSA) is 107 Å². The third kappa shape index (κ3) is 3.53. The van der Waals surface area contributed by atoms with E-state index in [1.165, 1.54) is 6.92 Å². The predicted molar refractivity (Wildman–Crippen MR) is 136 cm³/mol. The summed E-state index contributed by atoms with van der Waals surface area (Å²) in [6.07, 6.45) is 3.80. The number of alkyl halides is 1. The quantitative estimate of drug-likeness (QED) is 0.390. The van der Waals surface area contributed by atoms with Crippen LogP contribution in [0, 0.1) is 34.5 Å². The second kappa shape index (κ2) is 9.04. The fourth-order valence-electron chi connectivity index (χ4n) is 8.68. The number of allylic oxidation sites excluding steroid dienone is 1. The van der Waals surface area contributed by atoms with Gasteiger partial charge < -0.3 is 14.6 Å². The summed E-state index contributed by atoms with van der Waals surface area (Å²) >= 11 is 4.09. The predicted octanol–water partition coefficient (Wildman–Crippen LogP) is 4.32. The molecule has 3 saturated carbocycles. The number of rotatable bonds is 5. The molecule has 36 heavy (non-hydrogen) atoms. The summed E-state index contributed by atoms with van der Waals surface area (Å²) in [5.41, 5.74) is -1.67. The standard InChI is InChI=1S/C28H39BrO7/c1-7-24(34)36-28(23(33)14-35-17(4)30)16(3)11-20-21-10-15(2)19-12-18(31)8-9-25(19,5)27(21,29)22(32)13-26(20,28)6/h12,15-16,20-22,32H,7-11,13-14H2,1-6H3/t15-,16-,20-,21-,22-,25-,26-,27-,28-/m0/s1. The summed E-state index contributed by atoms with van der Waals surface area (Å²) in [7, 11) is 0. The van der Waals surface area contributed by atoms with Crippen LogP contribution in [0.1, 0.15) is 80.1 Å². The lowest BCUT2D eigenvalue weighted by molar-refractivity contribution is -0.204. The third-order valence-corrected chi connectivity index (χ3v) is 12.3. The number of Topliss-reactive ketones (excluding diaryl/α,β-unsaturated/α-hetero) is 1. The van der Waals surface area contributed by atoms with E-state index in [2.05, 4.69) is 29.8 Å². The van der Waals surface area contributed by atoms with Gasteiger partial charge in [0.05, 0.1) is 10.4 Å². The lowest BCUT2D eigenvalue weighted by atomic mass is 9.43. The number of aliphatic hydroxyl groups excluding tert-OH is 1. The fraction of sp³-hybridized carbons (Fsp3) is 0.786. The van der Waals surface area contributed by atoms with Crippen LogP contribution in [0.3, 0.4) is 0 Å². The number of ether oxygens (including phenoxy) is 2. The Kier molecular flexibility index (Phi) is 6.90. The molecule has 9 atom stereocenters. The second-order valence-electron chi connectivity index (χ2n) is 12.1. The van der Waals surface area contributed by atoms with E-state index in [1.807, 2.05) is 13.8 Å². The largest absolute Gasteiger partial charge is 0.458 e. The number of halogens is 1. The summed E-state index contributed by atoms with van der Waals surface area (Å²) in [4.78, 5) is 50.5. The van der Waals surface area contributed by atoms with Gasteiger partial charge in [-0.05, 0) is 49.5 Å². The summed E-state index contributed by atoms with van der Waals surface area (Å²) < 4.78 is 10.5. The van der Waals surface area contributed by atoms with Crippen molar-refractivity contribution in [1.82, 2.24) is 0 Å². The summed E-state index contributed by atoms with van der Waals surface area (Å²) in [5, 5.41) is 11.9. The lowest BCUT2D eigenvalue weighted by Gasteiger charge is -2.66. The third-order valence-electron chi connectivity index (χ3n) is 10.3. The molecule has 4 rings (SSSR count). The summed E-state index contributed by atoms with van der Waals surface area (Å²) in [5.74, 6) is -1.56. The van der Waals surface area contributed by atoms with E-state index in [0.29, 0.717) is 19.3 Å². The average molecular weight is 568 g/mol. The number of fused-ring (bicyclic) bond motifs is 5. The molecular weight excluding hydrogens is 528 g/mol. The van der Waals surface area contributed by atoms with Gasteiger partial charge in [0.15, 0.2) is 18.0 Å². The Labute approximate surface area is 221 Å². The molecule has 0 aromatic carbocycles. The minimum atomic E-state index is -1.50. The van der Waals surface area contributed by atoms with Crippen molar-refractivity contribution < 1.29 is 33.8 Å². The van der Waals surface area contributed by atoms with E-state index in [-0.39, 0.29) is 42.3 Å². The van der Waals surface area contributed by atoms with Crippen LogP contribution in [0.4, 0.5) is 0 Å². The molecule has 200 valence electrons. The van der Waals surface area contributed by atoms with E-state index in [1.54, 1.807) is 13.0 Å². The van der Waals surface area contributed by atoms with Gasteiger partial charge in [0, 0.05) is 36.5 Å². The van der Waals surface area contributed by atoms with Crippen LogP contribution in [0.15, 0.2) is 11.6 Å². The summed E-state index contributed by atoms with van der Waals surface area (Å²) in [6.45, 7) is 10.7. The van der Waals surface area contributed by atoms with Crippen molar-refractivity contribution in [2.45, 2.75) is 96.1 Å². The van der Waals surface area contributed by atoms with Crippen molar-refractivity contribution in [3.63, 3.8) is 0 Å². The molecule has 0 amide bonds.